The van der Waals surface area contributed by atoms with Crippen molar-refractivity contribution in [3.05, 3.63) is 22.7 Å². The molecular weight excluding hydrogens is 625 g/mol. The number of carboxylic acids is 1. The van der Waals surface area contributed by atoms with Crippen molar-refractivity contribution in [2.45, 2.75) is 73.9 Å². The van der Waals surface area contributed by atoms with E-state index in [1.165, 1.54) is 6.07 Å². The number of rotatable bonds is 11. The van der Waals surface area contributed by atoms with Gasteiger partial charge in [-0.3, -0.25) is 14.1 Å². The number of carbonyl (C=O) groups is 1. The number of nitrogens with zero attached hydrogens (tertiary/aromatic N) is 3. The SMILES string of the molecule is CC([O-])=N[C@@H]1[C@@H](O)[C@@H](F)[C@@](OP(=O)(O)OC[C@H]2O[C@@H](n3ccc(N)nc3=O)[C@H](O)[C@@H]2O)(C(=O)O)O[C@H]1[C@H](O)[C@H](O)CO.[Na+]. The Morgan fingerprint density at radius 2 is 1.95 bits per heavy atom. The van der Waals surface area contributed by atoms with E-state index >= 15 is 4.39 Å². The molecule has 2 aliphatic heterocycles. The summed E-state index contributed by atoms with van der Waals surface area (Å²) >= 11 is 0. The van der Waals surface area contributed by atoms with E-state index in [2.05, 4.69) is 19.0 Å². The van der Waals surface area contributed by atoms with Crippen LogP contribution in [0.2, 0.25) is 0 Å². The molecule has 0 aromatic carbocycles. The predicted molar refractivity (Wildman–Crippen MR) is 128 cm³/mol. The number of phosphoric acid groups is 1. The van der Waals surface area contributed by atoms with Gasteiger partial charge in [0.15, 0.2) is 12.4 Å². The summed E-state index contributed by atoms with van der Waals surface area (Å²) in [5.74, 6) is -7.64. The number of halogens is 1. The first-order chi connectivity index (χ1) is 19.5. The minimum absolute atomic E-state index is 0. The maximum Gasteiger partial charge on any atom is 1.00 e. The minimum atomic E-state index is -5.80. The van der Waals surface area contributed by atoms with Gasteiger partial charge in [-0.2, -0.15) is 4.98 Å². The number of nitrogen functional groups attached to an aromatic ring is 1. The van der Waals surface area contributed by atoms with Crippen molar-refractivity contribution in [1.29, 1.82) is 0 Å². The molecule has 43 heavy (non-hydrogen) atoms. The molecule has 12 atom stereocenters. The fourth-order valence-electron chi connectivity index (χ4n) is 4.25. The maximum absolute atomic E-state index is 15.4. The summed E-state index contributed by atoms with van der Waals surface area (Å²) in [5.41, 5.74) is 4.40. The van der Waals surface area contributed by atoms with E-state index in [0.29, 0.717) is 0 Å². The van der Waals surface area contributed by atoms with E-state index in [1.807, 2.05) is 0 Å². The molecule has 2 fully saturated rings. The van der Waals surface area contributed by atoms with Gasteiger partial charge in [0.05, 0.1) is 13.2 Å². The summed E-state index contributed by atoms with van der Waals surface area (Å²) in [5, 5.41) is 81.6. The molecule has 1 aromatic rings. The summed E-state index contributed by atoms with van der Waals surface area (Å²) in [6, 6.07) is -0.922. The van der Waals surface area contributed by atoms with Crippen LogP contribution in [-0.2, 0) is 27.9 Å². The van der Waals surface area contributed by atoms with Crippen LogP contribution >= 0.6 is 7.82 Å². The summed E-state index contributed by atoms with van der Waals surface area (Å²) in [4.78, 5) is 41.2. The molecular formula is C20H29FN4NaO16P. The van der Waals surface area contributed by atoms with Gasteiger partial charge in [0.1, 0.15) is 54.6 Å². The number of aliphatic carboxylic acids is 1. The fourth-order valence-corrected chi connectivity index (χ4v) is 5.20. The average molecular weight is 654 g/mol. The molecule has 0 radical (unpaired) electrons. The van der Waals surface area contributed by atoms with E-state index in [4.69, 9.17) is 20.3 Å². The zero-order chi connectivity index (χ0) is 31.7. The molecule has 23 heteroatoms. The molecule has 0 aliphatic carbocycles. The van der Waals surface area contributed by atoms with Crippen molar-refractivity contribution >= 4 is 25.5 Å². The summed E-state index contributed by atoms with van der Waals surface area (Å²) in [6.07, 6.45) is -18.6. The third-order valence-electron chi connectivity index (χ3n) is 6.32. The number of hydrogen-bond donors (Lipinski definition) is 9. The van der Waals surface area contributed by atoms with Gasteiger partial charge >= 0.3 is 54.8 Å². The molecule has 0 saturated carbocycles. The van der Waals surface area contributed by atoms with Crippen molar-refractivity contribution < 1.29 is 108 Å². The number of nitrogens with two attached hydrogens (primary N) is 1. The van der Waals surface area contributed by atoms with Crippen LogP contribution in [0.5, 0.6) is 0 Å². The topological polar surface area (TPSA) is 329 Å². The number of phosphoric ester groups is 1. The van der Waals surface area contributed by atoms with Gasteiger partial charge in [0.25, 0.3) is 0 Å². The molecule has 238 valence electrons. The van der Waals surface area contributed by atoms with Crippen LogP contribution in [0.25, 0.3) is 0 Å². The number of anilines is 1. The standard InChI is InChI=1S/C20H30FN4O16P.Na/c1-6(27)23-10-13(31)16(21)20(18(33)34,40-15(10)11(29)7(28)4-26)41-42(36,37)38-5-8-12(30)14(32)17(39-8)25-3-2-9(22)24-19(25)35;/h2-3,7-8,10-17,26,28-32H,4-5H2,1H3,(H,23,27)(H,33,34)(H,36,37)(H2,22,24,35);/q;+1/p-1/t7-,8-,10-,11-,12-,13-,14-,15-,16-,17-,20-;/m1./s1. The normalized spacial score (nSPS) is 35.9. The number of hydrogen-bond acceptors (Lipinski definition) is 17. The molecule has 0 bridgehead atoms. The van der Waals surface area contributed by atoms with Gasteiger partial charge in [0, 0.05) is 6.20 Å². The second-order valence-corrected chi connectivity index (χ2v) is 10.6. The molecule has 2 aliphatic rings. The number of ether oxygens (including phenoxy) is 2. The Labute approximate surface area is 262 Å². The van der Waals surface area contributed by atoms with Gasteiger partial charge < -0.3 is 61.0 Å². The molecule has 0 amide bonds. The van der Waals surface area contributed by atoms with E-state index < -0.39 is 106 Å². The summed E-state index contributed by atoms with van der Waals surface area (Å²) in [7, 11) is -5.80. The van der Waals surface area contributed by atoms with E-state index in [9.17, 15) is 54.8 Å². The number of aromatic nitrogens is 2. The van der Waals surface area contributed by atoms with Gasteiger partial charge in [-0.25, -0.2) is 23.1 Å². The first kappa shape index (κ1) is 37.5. The Bertz CT molecular complexity index is 1270. The van der Waals surface area contributed by atoms with E-state index in [0.717, 1.165) is 17.7 Å². The van der Waals surface area contributed by atoms with Crippen molar-refractivity contribution in [3.8, 4) is 0 Å². The largest absolute Gasteiger partial charge is 1.00 e. The number of alkyl halides is 1. The number of aliphatic hydroxyl groups excluding tert-OH is 6. The number of aliphatic imine (C=N–C) groups is 1. The maximum atomic E-state index is 15.4. The van der Waals surface area contributed by atoms with Crippen molar-refractivity contribution in [3.63, 3.8) is 0 Å². The molecule has 0 spiro atoms. The first-order valence-corrected chi connectivity index (χ1v) is 13.4. The smallest absolute Gasteiger partial charge is 0.862 e. The van der Waals surface area contributed by atoms with E-state index in [-0.39, 0.29) is 35.4 Å². The molecule has 10 N–H and O–H groups in total. The van der Waals surface area contributed by atoms with Crippen LogP contribution in [-0.4, -0.2) is 136 Å². The van der Waals surface area contributed by atoms with Crippen LogP contribution in [0.3, 0.4) is 0 Å². The zero-order valence-electron chi connectivity index (χ0n) is 22.4. The fraction of sp³-hybridized carbons (Fsp3) is 0.700. The van der Waals surface area contributed by atoms with Crippen LogP contribution in [0.1, 0.15) is 13.2 Å². The first-order valence-electron chi connectivity index (χ1n) is 11.9. The monoisotopic (exact) mass is 654 g/mol. The van der Waals surface area contributed by atoms with Gasteiger partial charge in [-0.05, 0) is 18.9 Å². The van der Waals surface area contributed by atoms with E-state index in [1.54, 1.807) is 0 Å². The Morgan fingerprint density at radius 1 is 1.33 bits per heavy atom. The van der Waals surface area contributed by atoms with Crippen LogP contribution in [0, 0.1) is 0 Å². The van der Waals surface area contributed by atoms with Gasteiger partial charge in [-0.1, -0.05) is 0 Å². The third kappa shape index (κ3) is 7.95. The molecule has 20 nitrogen and oxygen atoms in total. The summed E-state index contributed by atoms with van der Waals surface area (Å²) < 4.78 is 48.3. The van der Waals surface area contributed by atoms with Gasteiger partial charge in [0.2, 0.25) is 0 Å². The van der Waals surface area contributed by atoms with Crippen LogP contribution in [0.4, 0.5) is 10.2 Å². The molecule has 3 rings (SSSR count). The average Bonchev–Trinajstić information content (AvgIpc) is 3.19. The predicted octanol–water partition coefficient (Wildman–Crippen LogP) is -8.68. The number of carboxylic acid groups (broad SMARTS) is 1. The number of aliphatic hydroxyl groups is 6. The van der Waals surface area contributed by atoms with Crippen LogP contribution in [0.15, 0.2) is 22.1 Å². The second-order valence-electron chi connectivity index (χ2n) is 9.27. The Kier molecular flexibility index (Phi) is 12.8. The molecule has 1 aromatic heterocycles. The summed E-state index contributed by atoms with van der Waals surface area (Å²) in [6.45, 7) is -1.47. The second kappa shape index (κ2) is 14.6. The van der Waals surface area contributed by atoms with Crippen LogP contribution < -0.4 is 46.1 Å². The Morgan fingerprint density at radius 3 is 2.49 bits per heavy atom. The molecule has 2 saturated heterocycles. The van der Waals surface area contributed by atoms with Crippen molar-refractivity contribution in [2.24, 2.45) is 4.99 Å². The van der Waals surface area contributed by atoms with Gasteiger partial charge in [-0.15, -0.1) is 0 Å². The molecule has 1 unspecified atom stereocenters. The Balaban J connectivity index is 0.00000645. The minimum Gasteiger partial charge on any atom is -0.862 e. The molecule has 3 heterocycles. The van der Waals surface area contributed by atoms with Crippen molar-refractivity contribution in [2.75, 3.05) is 18.9 Å². The quantitative estimate of drug-likeness (QED) is 0.0463. The zero-order valence-corrected chi connectivity index (χ0v) is 25.3. The third-order valence-corrected chi connectivity index (χ3v) is 7.30. The van der Waals surface area contributed by atoms with Crippen molar-refractivity contribution in [1.82, 2.24) is 9.55 Å². The Hall–Kier alpha value is -1.66.